The van der Waals surface area contributed by atoms with Crippen LogP contribution in [0.1, 0.15) is 98.5 Å². The Labute approximate surface area is 277 Å². The first kappa shape index (κ1) is 40.4. The molecule has 2 unspecified atom stereocenters. The van der Waals surface area contributed by atoms with Crippen molar-refractivity contribution in [3.63, 3.8) is 0 Å². The standard InChI is InChI=1S/C32H52N2O4.C2H4O2S.C2H2/c1-8-9-14-33(15-10-11-16-38-32(5,6)7)31(35)22-34-21-27(19-28(34)18-25(4)17-24(2)3)26-12-13-29-30(20-26)37-23-36-29;1-5-2(3)4;1-2/h12-13,17,20,25,27-28H,8-11,14-16,18-19,21-23H2,1-7H3;1H3,(H,3,4);1-2H/t25?,27?,28-;;/m0../s1. The van der Waals surface area contributed by atoms with Crippen molar-refractivity contribution in [2.24, 2.45) is 5.92 Å². The number of fused-ring (bicyclic) bond motifs is 1. The maximum absolute atomic E-state index is 13.6. The molecule has 254 valence electrons. The van der Waals surface area contributed by atoms with Crippen LogP contribution in [-0.2, 0) is 9.53 Å². The van der Waals surface area contributed by atoms with Crippen molar-refractivity contribution in [1.82, 2.24) is 9.80 Å². The molecule has 8 nitrogen and oxygen atoms in total. The fraction of sp³-hybridized carbons (Fsp3) is 0.667. The van der Waals surface area contributed by atoms with Gasteiger partial charge in [0.15, 0.2) is 11.5 Å². The molecule has 1 saturated heterocycles. The van der Waals surface area contributed by atoms with E-state index in [1.165, 1.54) is 17.4 Å². The zero-order chi connectivity index (χ0) is 34.0. The molecular weight excluding hydrogens is 588 g/mol. The van der Waals surface area contributed by atoms with Gasteiger partial charge >= 0.3 is 5.30 Å². The van der Waals surface area contributed by atoms with Crippen LogP contribution in [0, 0.1) is 18.8 Å². The van der Waals surface area contributed by atoms with Gasteiger partial charge in [0.05, 0.1) is 12.1 Å². The van der Waals surface area contributed by atoms with Crippen molar-refractivity contribution in [3.8, 4) is 24.3 Å². The maximum Gasteiger partial charge on any atom is 0.364 e. The molecule has 2 aliphatic rings. The number of allylic oxidation sites excluding steroid dienone is 2. The van der Waals surface area contributed by atoms with E-state index in [0.29, 0.717) is 31.2 Å². The molecule has 1 amide bonds. The molecule has 0 aliphatic carbocycles. The zero-order valence-corrected chi connectivity index (χ0v) is 29.8. The van der Waals surface area contributed by atoms with Gasteiger partial charge in [-0.25, -0.2) is 4.79 Å². The molecule has 0 spiro atoms. The summed E-state index contributed by atoms with van der Waals surface area (Å²) >= 11 is 0.796. The predicted molar refractivity (Wildman–Crippen MR) is 186 cm³/mol. The molecule has 1 aromatic rings. The normalized spacial score (nSPS) is 17.7. The summed E-state index contributed by atoms with van der Waals surface area (Å²) in [6.07, 6.45) is 18.1. The molecule has 9 heteroatoms. The second-order valence-electron chi connectivity index (χ2n) is 13.0. The predicted octanol–water partition coefficient (Wildman–Crippen LogP) is 8.07. The Balaban J connectivity index is 0.00000131. The van der Waals surface area contributed by atoms with Crippen molar-refractivity contribution < 1.29 is 28.9 Å². The number of hydrogen-bond donors (Lipinski definition) is 1. The fourth-order valence-corrected chi connectivity index (χ4v) is 5.66. The van der Waals surface area contributed by atoms with Gasteiger partial charge in [0.25, 0.3) is 0 Å². The molecule has 0 bridgehead atoms. The van der Waals surface area contributed by atoms with Crippen molar-refractivity contribution >= 4 is 23.0 Å². The summed E-state index contributed by atoms with van der Waals surface area (Å²) in [5, 5.41) is 6.86. The molecule has 3 atom stereocenters. The first-order chi connectivity index (χ1) is 21.3. The van der Waals surface area contributed by atoms with Gasteiger partial charge in [-0.1, -0.05) is 38.0 Å². The van der Waals surface area contributed by atoms with Gasteiger partial charge in [-0.3, -0.25) is 9.69 Å². The first-order valence-electron chi connectivity index (χ1n) is 16.1. The Hall–Kier alpha value is -2.67. The third-order valence-electron chi connectivity index (χ3n) is 7.66. The molecule has 0 aromatic heterocycles. The third-order valence-corrected chi connectivity index (χ3v) is 8.01. The summed E-state index contributed by atoms with van der Waals surface area (Å²) in [5.41, 5.74) is 2.52. The highest BCUT2D eigenvalue weighted by Gasteiger charge is 2.35. The van der Waals surface area contributed by atoms with E-state index < -0.39 is 5.30 Å². The number of amides is 1. The second-order valence-corrected chi connectivity index (χ2v) is 13.7. The summed E-state index contributed by atoms with van der Waals surface area (Å²) in [5.74, 6) is 2.80. The van der Waals surface area contributed by atoms with E-state index in [4.69, 9.17) is 19.3 Å². The average Bonchev–Trinajstić information content (AvgIpc) is 3.61. The Morgan fingerprint density at radius 1 is 1.16 bits per heavy atom. The minimum atomic E-state index is -0.829. The van der Waals surface area contributed by atoms with Gasteiger partial charge in [-0.15, -0.1) is 12.8 Å². The SMILES string of the molecule is C#C.CCCCN(CCCCOC(C)(C)C)C(=O)CN1CC(c2ccc3c(c2)OCO3)C[C@@H]1CC(C)C=C(C)C.CSC(=O)O. The molecule has 45 heavy (non-hydrogen) atoms. The third kappa shape index (κ3) is 15.9. The van der Waals surface area contributed by atoms with Gasteiger partial charge in [0.1, 0.15) is 0 Å². The lowest BCUT2D eigenvalue weighted by Crippen LogP contribution is -2.43. The van der Waals surface area contributed by atoms with Gasteiger partial charge in [-0.05, 0) is 114 Å². The van der Waals surface area contributed by atoms with E-state index >= 15 is 0 Å². The van der Waals surface area contributed by atoms with Gasteiger partial charge < -0.3 is 24.2 Å². The number of likely N-dealkylation sites (tertiary alicyclic amines) is 1. The minimum Gasteiger partial charge on any atom is -0.473 e. The average molecular weight is 647 g/mol. The number of unbranched alkanes of at least 4 members (excludes halogenated alkanes) is 2. The lowest BCUT2D eigenvalue weighted by atomic mass is 9.92. The molecule has 3 rings (SSSR count). The number of rotatable bonds is 14. The summed E-state index contributed by atoms with van der Waals surface area (Å²) in [6, 6.07) is 6.73. The van der Waals surface area contributed by atoms with Crippen molar-refractivity contribution in [1.29, 1.82) is 0 Å². The number of hydrogen-bond acceptors (Lipinski definition) is 7. The molecule has 2 heterocycles. The fourth-order valence-electron chi connectivity index (χ4n) is 5.66. The van der Waals surface area contributed by atoms with E-state index in [0.717, 1.165) is 88.0 Å². The minimum absolute atomic E-state index is 0.111. The molecule has 0 saturated carbocycles. The smallest absolute Gasteiger partial charge is 0.364 e. The van der Waals surface area contributed by atoms with Crippen LogP contribution in [-0.4, -0.2) is 83.6 Å². The van der Waals surface area contributed by atoms with Gasteiger partial charge in [0.2, 0.25) is 12.7 Å². The van der Waals surface area contributed by atoms with Crippen molar-refractivity contribution in [3.05, 3.63) is 35.4 Å². The molecule has 1 fully saturated rings. The highest BCUT2D eigenvalue weighted by atomic mass is 32.2. The largest absolute Gasteiger partial charge is 0.473 e. The van der Waals surface area contributed by atoms with Crippen LogP contribution in [0.2, 0.25) is 0 Å². The lowest BCUT2D eigenvalue weighted by Gasteiger charge is -2.29. The van der Waals surface area contributed by atoms with Crippen LogP contribution in [0.15, 0.2) is 29.8 Å². The van der Waals surface area contributed by atoms with Crippen LogP contribution in [0.3, 0.4) is 0 Å². The first-order valence-corrected chi connectivity index (χ1v) is 17.4. The van der Waals surface area contributed by atoms with E-state index in [-0.39, 0.29) is 11.5 Å². The van der Waals surface area contributed by atoms with Gasteiger partial charge in [0, 0.05) is 32.3 Å². The number of ether oxygens (including phenoxy) is 3. The van der Waals surface area contributed by atoms with Crippen LogP contribution >= 0.6 is 11.8 Å². The van der Waals surface area contributed by atoms with E-state index in [9.17, 15) is 9.59 Å². The Morgan fingerprint density at radius 2 is 1.80 bits per heavy atom. The molecule has 2 aliphatic heterocycles. The second kappa shape index (κ2) is 21.2. The monoisotopic (exact) mass is 646 g/mol. The summed E-state index contributed by atoms with van der Waals surface area (Å²) in [4.78, 5) is 27.5. The Bertz CT molecular complexity index is 1080. The van der Waals surface area contributed by atoms with Crippen LogP contribution in [0.25, 0.3) is 0 Å². The summed E-state index contributed by atoms with van der Waals surface area (Å²) in [6.45, 7) is 19.2. The summed E-state index contributed by atoms with van der Waals surface area (Å²) in [7, 11) is 0. The number of benzene rings is 1. The maximum atomic E-state index is 13.6. The van der Waals surface area contributed by atoms with E-state index in [2.05, 4.69) is 89.3 Å². The van der Waals surface area contributed by atoms with Crippen molar-refractivity contribution in [2.75, 3.05) is 45.8 Å². The topological polar surface area (TPSA) is 88.5 Å². The Morgan fingerprint density at radius 3 is 2.40 bits per heavy atom. The number of nitrogens with zero attached hydrogens (tertiary/aromatic N) is 2. The molecule has 1 N–H and O–H groups in total. The Kier molecular flexibility index (Phi) is 19.0. The lowest BCUT2D eigenvalue weighted by molar-refractivity contribution is -0.133. The number of thioether (sulfide) groups is 1. The van der Waals surface area contributed by atoms with Crippen molar-refractivity contribution in [2.45, 2.75) is 105 Å². The molecular formula is C36H58N2O6S. The highest BCUT2D eigenvalue weighted by Crippen LogP contribution is 2.40. The molecule has 1 aromatic carbocycles. The quantitative estimate of drug-likeness (QED) is 0.123. The number of carboxylic acid groups (broad SMARTS) is 1. The number of carbonyl (C=O) groups is 2. The molecule has 0 radical (unpaired) electrons. The number of carbonyl (C=O) groups excluding carboxylic acids is 1. The highest BCUT2D eigenvalue weighted by molar-refractivity contribution is 8.12. The van der Waals surface area contributed by atoms with Crippen LogP contribution in [0.5, 0.6) is 11.5 Å². The van der Waals surface area contributed by atoms with E-state index in [1.54, 1.807) is 0 Å². The zero-order valence-electron chi connectivity index (χ0n) is 29.0. The van der Waals surface area contributed by atoms with Gasteiger partial charge in [-0.2, -0.15) is 0 Å². The van der Waals surface area contributed by atoms with Crippen LogP contribution < -0.4 is 9.47 Å². The number of terminal acetylenes is 1. The van der Waals surface area contributed by atoms with Crippen LogP contribution in [0.4, 0.5) is 4.79 Å². The van der Waals surface area contributed by atoms with E-state index in [1.807, 2.05) is 6.07 Å². The summed E-state index contributed by atoms with van der Waals surface area (Å²) < 4.78 is 17.1.